The molecule has 6 nitrogen and oxygen atoms in total. The summed E-state index contributed by atoms with van der Waals surface area (Å²) >= 11 is 0. The van der Waals surface area contributed by atoms with Crippen LogP contribution in [0.5, 0.6) is 0 Å². The smallest absolute Gasteiger partial charge is 0.255 e. The highest BCUT2D eigenvalue weighted by Gasteiger charge is 2.14. The predicted molar refractivity (Wildman–Crippen MR) is 106 cm³/mol. The number of carbonyl (C=O) groups is 1. The van der Waals surface area contributed by atoms with Gasteiger partial charge < -0.3 is 14.6 Å². The average molecular weight is 382 g/mol. The molecule has 1 aliphatic heterocycles. The van der Waals surface area contributed by atoms with E-state index >= 15 is 0 Å². The molecule has 1 fully saturated rings. The van der Waals surface area contributed by atoms with Crippen molar-refractivity contribution in [2.24, 2.45) is 7.05 Å². The summed E-state index contributed by atoms with van der Waals surface area (Å²) in [6.07, 6.45) is 0.864. The fourth-order valence-corrected chi connectivity index (χ4v) is 3.44. The van der Waals surface area contributed by atoms with E-state index in [4.69, 9.17) is 9.72 Å². The second-order valence-electron chi connectivity index (χ2n) is 6.96. The van der Waals surface area contributed by atoms with Gasteiger partial charge in [-0.1, -0.05) is 0 Å². The molecule has 1 aliphatic rings. The minimum atomic E-state index is -0.365. The summed E-state index contributed by atoms with van der Waals surface area (Å²) in [6, 6.07) is 11.2. The first-order valence-electron chi connectivity index (χ1n) is 9.42. The molecule has 0 aliphatic carbocycles. The van der Waals surface area contributed by atoms with Crippen molar-refractivity contribution < 1.29 is 13.9 Å². The maximum atomic E-state index is 13.0. The fourth-order valence-electron chi connectivity index (χ4n) is 3.44. The number of ether oxygens (including phenoxy) is 1. The van der Waals surface area contributed by atoms with Crippen LogP contribution >= 0.6 is 0 Å². The SMILES string of the molecule is Cn1c(CCN2CCOCC2)nc2cc(NC(=O)c3ccc(F)cc3)ccc21. The zero-order valence-corrected chi connectivity index (χ0v) is 15.8. The molecule has 28 heavy (non-hydrogen) atoms. The Bertz CT molecular complexity index is 978. The van der Waals surface area contributed by atoms with E-state index in [1.54, 1.807) is 0 Å². The Morgan fingerprint density at radius 2 is 1.93 bits per heavy atom. The lowest BCUT2D eigenvalue weighted by Crippen LogP contribution is -2.37. The minimum absolute atomic E-state index is 0.275. The van der Waals surface area contributed by atoms with Crippen molar-refractivity contribution in [2.45, 2.75) is 6.42 Å². The van der Waals surface area contributed by atoms with Crippen molar-refractivity contribution in [3.8, 4) is 0 Å². The number of morpholine rings is 1. The van der Waals surface area contributed by atoms with E-state index in [1.807, 2.05) is 25.2 Å². The van der Waals surface area contributed by atoms with Crippen LogP contribution in [0.1, 0.15) is 16.2 Å². The van der Waals surface area contributed by atoms with Crippen molar-refractivity contribution in [2.75, 3.05) is 38.2 Å². The Morgan fingerprint density at radius 3 is 2.68 bits per heavy atom. The molecule has 2 aromatic carbocycles. The third-order valence-corrected chi connectivity index (χ3v) is 5.09. The summed E-state index contributed by atoms with van der Waals surface area (Å²) in [5, 5.41) is 2.85. The number of benzene rings is 2. The zero-order chi connectivity index (χ0) is 19.5. The summed E-state index contributed by atoms with van der Waals surface area (Å²) < 4.78 is 20.5. The van der Waals surface area contributed by atoms with Gasteiger partial charge in [0.05, 0.1) is 24.2 Å². The number of nitrogens with zero attached hydrogens (tertiary/aromatic N) is 3. The first kappa shape index (κ1) is 18.6. The quantitative estimate of drug-likeness (QED) is 0.737. The number of nitrogens with one attached hydrogen (secondary N) is 1. The molecular weight excluding hydrogens is 359 g/mol. The molecule has 0 bridgehead atoms. The van der Waals surface area contributed by atoms with Gasteiger partial charge in [-0.05, 0) is 42.5 Å². The van der Waals surface area contributed by atoms with Crippen LogP contribution in [0.4, 0.5) is 10.1 Å². The Balaban J connectivity index is 1.47. The largest absolute Gasteiger partial charge is 0.379 e. The van der Waals surface area contributed by atoms with Gasteiger partial charge in [0.25, 0.3) is 5.91 Å². The van der Waals surface area contributed by atoms with Crippen LogP contribution in [0.25, 0.3) is 11.0 Å². The number of halogens is 1. The fraction of sp³-hybridized carbons (Fsp3) is 0.333. The summed E-state index contributed by atoms with van der Waals surface area (Å²) in [7, 11) is 2.01. The maximum absolute atomic E-state index is 13.0. The molecule has 0 saturated carbocycles. The summed E-state index contributed by atoms with van der Waals surface area (Å²) in [5.41, 5.74) is 2.95. The van der Waals surface area contributed by atoms with Crippen LogP contribution in [-0.4, -0.2) is 53.2 Å². The summed E-state index contributed by atoms with van der Waals surface area (Å²) in [5.74, 6) is 0.377. The van der Waals surface area contributed by atoms with E-state index < -0.39 is 0 Å². The van der Waals surface area contributed by atoms with Crippen molar-refractivity contribution in [3.63, 3.8) is 0 Å². The number of aromatic nitrogens is 2. The van der Waals surface area contributed by atoms with Crippen molar-refractivity contribution in [3.05, 3.63) is 59.7 Å². The van der Waals surface area contributed by atoms with Gasteiger partial charge in [-0.3, -0.25) is 9.69 Å². The van der Waals surface area contributed by atoms with Crippen molar-refractivity contribution in [1.29, 1.82) is 0 Å². The van der Waals surface area contributed by atoms with Gasteiger partial charge in [0, 0.05) is 44.4 Å². The molecule has 1 saturated heterocycles. The molecule has 7 heteroatoms. The van der Waals surface area contributed by atoms with Gasteiger partial charge in [-0.2, -0.15) is 0 Å². The number of fused-ring (bicyclic) bond motifs is 1. The first-order valence-corrected chi connectivity index (χ1v) is 9.42. The maximum Gasteiger partial charge on any atom is 0.255 e. The summed E-state index contributed by atoms with van der Waals surface area (Å²) in [6.45, 7) is 4.46. The number of aryl methyl sites for hydroxylation is 1. The van der Waals surface area contributed by atoms with Gasteiger partial charge in [-0.25, -0.2) is 9.37 Å². The molecular formula is C21H23FN4O2. The lowest BCUT2D eigenvalue weighted by molar-refractivity contribution is 0.0382. The molecule has 0 spiro atoms. The van der Waals surface area contributed by atoms with E-state index in [-0.39, 0.29) is 11.7 Å². The molecule has 0 unspecified atom stereocenters. The highest BCUT2D eigenvalue weighted by atomic mass is 19.1. The Morgan fingerprint density at radius 1 is 1.18 bits per heavy atom. The predicted octanol–water partition coefficient (Wildman–Crippen LogP) is 2.84. The van der Waals surface area contributed by atoms with Crippen LogP contribution in [0.2, 0.25) is 0 Å². The first-order chi connectivity index (χ1) is 13.6. The number of carbonyl (C=O) groups excluding carboxylic acids is 1. The topological polar surface area (TPSA) is 59.4 Å². The van der Waals surface area contributed by atoms with Crippen LogP contribution in [0, 0.1) is 5.82 Å². The molecule has 0 atom stereocenters. The molecule has 3 aromatic rings. The lowest BCUT2D eigenvalue weighted by Gasteiger charge is -2.26. The highest BCUT2D eigenvalue weighted by Crippen LogP contribution is 2.21. The average Bonchev–Trinajstić information content (AvgIpc) is 3.03. The van der Waals surface area contributed by atoms with Crippen LogP contribution < -0.4 is 5.32 Å². The molecule has 1 N–H and O–H groups in total. The summed E-state index contributed by atoms with van der Waals surface area (Å²) in [4.78, 5) is 19.5. The van der Waals surface area contributed by atoms with E-state index in [2.05, 4.69) is 14.8 Å². The van der Waals surface area contributed by atoms with E-state index in [9.17, 15) is 9.18 Å². The molecule has 2 heterocycles. The monoisotopic (exact) mass is 382 g/mol. The molecule has 4 rings (SSSR count). The number of hydrogen-bond acceptors (Lipinski definition) is 4. The van der Waals surface area contributed by atoms with Gasteiger partial charge in [0.1, 0.15) is 11.6 Å². The highest BCUT2D eigenvalue weighted by molar-refractivity contribution is 6.04. The lowest BCUT2D eigenvalue weighted by atomic mass is 10.2. The zero-order valence-electron chi connectivity index (χ0n) is 15.8. The van der Waals surface area contributed by atoms with Gasteiger partial charge in [0.15, 0.2) is 0 Å². The standard InChI is InChI=1S/C21H23FN4O2/c1-25-19-7-6-17(23-21(27)15-2-4-16(22)5-3-15)14-18(19)24-20(25)8-9-26-10-12-28-13-11-26/h2-7,14H,8-13H2,1H3,(H,23,27). The van der Waals surface area contributed by atoms with E-state index in [0.717, 1.165) is 56.1 Å². The second-order valence-corrected chi connectivity index (χ2v) is 6.96. The Kier molecular flexibility index (Phi) is 5.36. The van der Waals surface area contributed by atoms with Crippen molar-refractivity contribution >= 4 is 22.6 Å². The van der Waals surface area contributed by atoms with Crippen LogP contribution in [0.15, 0.2) is 42.5 Å². The number of amides is 1. The van der Waals surface area contributed by atoms with E-state index in [0.29, 0.717) is 11.3 Å². The third kappa shape index (κ3) is 4.05. The molecule has 1 aromatic heterocycles. The molecule has 146 valence electrons. The molecule has 1 amide bonds. The van der Waals surface area contributed by atoms with Crippen molar-refractivity contribution in [1.82, 2.24) is 14.5 Å². The van der Waals surface area contributed by atoms with Crippen LogP contribution in [0.3, 0.4) is 0 Å². The van der Waals surface area contributed by atoms with Gasteiger partial charge in [-0.15, -0.1) is 0 Å². The van der Waals surface area contributed by atoms with Gasteiger partial charge >= 0.3 is 0 Å². The number of hydrogen-bond donors (Lipinski definition) is 1. The minimum Gasteiger partial charge on any atom is -0.379 e. The Hall–Kier alpha value is -2.77. The second kappa shape index (κ2) is 8.08. The number of imidazole rings is 1. The number of anilines is 1. The molecule has 0 radical (unpaired) electrons. The normalized spacial score (nSPS) is 15.1. The van der Waals surface area contributed by atoms with Gasteiger partial charge in [0.2, 0.25) is 0 Å². The van der Waals surface area contributed by atoms with Crippen LogP contribution in [-0.2, 0) is 18.2 Å². The van der Waals surface area contributed by atoms with E-state index in [1.165, 1.54) is 24.3 Å². The third-order valence-electron chi connectivity index (χ3n) is 5.09. The number of rotatable bonds is 5. The Labute approximate surface area is 162 Å².